The number of benzene rings is 1. The summed E-state index contributed by atoms with van der Waals surface area (Å²) in [6.07, 6.45) is 6.65. The van der Waals surface area contributed by atoms with Crippen LogP contribution in [0.3, 0.4) is 0 Å². The summed E-state index contributed by atoms with van der Waals surface area (Å²) in [6, 6.07) is 8.27. The minimum absolute atomic E-state index is 0.000302. The summed E-state index contributed by atoms with van der Waals surface area (Å²) < 4.78 is 7.48. The van der Waals surface area contributed by atoms with E-state index in [0.717, 1.165) is 18.5 Å². The molecule has 2 aromatic heterocycles. The van der Waals surface area contributed by atoms with Gasteiger partial charge in [-0.05, 0) is 36.8 Å². The highest BCUT2D eigenvalue weighted by molar-refractivity contribution is 5.90. The third-order valence-electron chi connectivity index (χ3n) is 5.26. The van der Waals surface area contributed by atoms with Crippen LogP contribution in [0.1, 0.15) is 41.4 Å². The molecule has 2 aliphatic rings. The third kappa shape index (κ3) is 3.53. The van der Waals surface area contributed by atoms with Gasteiger partial charge in [0, 0.05) is 30.4 Å². The van der Waals surface area contributed by atoms with Crippen LogP contribution in [0, 0.1) is 0 Å². The zero-order chi connectivity index (χ0) is 18.9. The summed E-state index contributed by atoms with van der Waals surface area (Å²) in [6.45, 7) is 1.41. The van der Waals surface area contributed by atoms with Gasteiger partial charge in [-0.3, -0.25) is 9.48 Å². The molecule has 1 amide bonds. The van der Waals surface area contributed by atoms with Crippen LogP contribution in [-0.4, -0.2) is 49.7 Å². The monoisotopic (exact) mass is 379 g/mol. The van der Waals surface area contributed by atoms with Crippen LogP contribution in [-0.2, 0) is 6.54 Å². The summed E-state index contributed by atoms with van der Waals surface area (Å²) in [4.78, 5) is 12.5. The van der Waals surface area contributed by atoms with Crippen molar-refractivity contribution >= 4 is 5.91 Å². The smallest absolute Gasteiger partial charge is 0.309 e. The lowest BCUT2D eigenvalue weighted by Gasteiger charge is -2.11. The largest absolute Gasteiger partial charge is 0.412 e. The molecule has 2 N–H and O–H groups in total. The number of rotatable bonds is 6. The number of nitrogens with one attached hydrogen (secondary N) is 2. The lowest BCUT2D eigenvalue weighted by atomic mass is 10.0. The van der Waals surface area contributed by atoms with Crippen LogP contribution in [0.5, 0.6) is 0 Å². The molecule has 2 fully saturated rings. The number of amides is 1. The van der Waals surface area contributed by atoms with E-state index in [-0.39, 0.29) is 23.9 Å². The maximum Gasteiger partial charge on any atom is 0.309 e. The van der Waals surface area contributed by atoms with E-state index in [0.29, 0.717) is 18.4 Å². The van der Waals surface area contributed by atoms with Crippen LogP contribution in [0.15, 0.2) is 41.1 Å². The fourth-order valence-corrected chi connectivity index (χ4v) is 3.74. The molecule has 1 aromatic carbocycles. The van der Waals surface area contributed by atoms with Crippen molar-refractivity contribution in [3.63, 3.8) is 0 Å². The molecule has 0 bridgehead atoms. The molecule has 1 aliphatic heterocycles. The number of aromatic nitrogens is 5. The summed E-state index contributed by atoms with van der Waals surface area (Å²) >= 11 is 0. The quantitative estimate of drug-likeness (QED) is 0.665. The predicted molar refractivity (Wildman–Crippen MR) is 99.4 cm³/mol. The maximum absolute atomic E-state index is 12.5. The third-order valence-corrected chi connectivity index (χ3v) is 5.26. The predicted octanol–water partition coefficient (Wildman–Crippen LogP) is 1.37. The molecule has 2 atom stereocenters. The van der Waals surface area contributed by atoms with E-state index in [1.54, 1.807) is 10.9 Å². The Morgan fingerprint density at radius 1 is 1.29 bits per heavy atom. The Morgan fingerprint density at radius 2 is 2.18 bits per heavy atom. The Balaban J connectivity index is 1.22. The Hall–Kier alpha value is -3.07. The van der Waals surface area contributed by atoms with Gasteiger partial charge in [-0.2, -0.15) is 0 Å². The molecule has 5 rings (SSSR count). The van der Waals surface area contributed by atoms with E-state index in [9.17, 15) is 4.79 Å². The van der Waals surface area contributed by atoms with Crippen LogP contribution in [0.4, 0.5) is 0 Å². The number of carbonyl (C=O) groups is 1. The average molecular weight is 379 g/mol. The first-order valence-electron chi connectivity index (χ1n) is 9.57. The highest BCUT2D eigenvalue weighted by Crippen LogP contribution is 2.44. The minimum Gasteiger partial charge on any atom is -0.412 e. The van der Waals surface area contributed by atoms with Crippen molar-refractivity contribution in [3.05, 3.63) is 48.1 Å². The topological polar surface area (TPSA) is 111 Å². The number of carbonyl (C=O) groups excluding carboxylic acids is 1. The highest BCUT2D eigenvalue weighted by Gasteiger charge is 2.30. The second-order valence-electron chi connectivity index (χ2n) is 7.41. The second kappa shape index (κ2) is 7.16. The molecule has 28 heavy (non-hydrogen) atoms. The van der Waals surface area contributed by atoms with E-state index < -0.39 is 0 Å². The normalized spacial score (nSPS) is 21.7. The first-order valence-corrected chi connectivity index (χ1v) is 9.57. The van der Waals surface area contributed by atoms with Crippen molar-refractivity contribution < 1.29 is 9.21 Å². The summed E-state index contributed by atoms with van der Waals surface area (Å²) in [7, 11) is 0. The molecule has 144 valence electrons. The molecule has 0 spiro atoms. The fourth-order valence-electron chi connectivity index (χ4n) is 3.74. The molecule has 1 aliphatic carbocycles. The lowest BCUT2D eigenvalue weighted by molar-refractivity contribution is 0.0905. The van der Waals surface area contributed by atoms with Gasteiger partial charge in [0.2, 0.25) is 5.89 Å². The van der Waals surface area contributed by atoms with Gasteiger partial charge in [-0.1, -0.05) is 23.4 Å². The Kier molecular flexibility index (Phi) is 4.36. The summed E-state index contributed by atoms with van der Waals surface area (Å²) in [5, 5.41) is 22.2. The van der Waals surface area contributed by atoms with Gasteiger partial charge < -0.3 is 15.1 Å². The lowest BCUT2D eigenvalue weighted by Crippen LogP contribution is -2.36. The summed E-state index contributed by atoms with van der Waals surface area (Å²) in [5.74, 6) is 0.629. The van der Waals surface area contributed by atoms with Gasteiger partial charge in [-0.25, -0.2) is 0 Å². The second-order valence-corrected chi connectivity index (χ2v) is 7.41. The SMILES string of the molecule is O=C(N[C@H]1CN[C@H](Cn2ccnn2)C1)c1nnc(-c2ccccc2C2CC2)o1. The van der Waals surface area contributed by atoms with Crippen molar-refractivity contribution in [2.45, 2.75) is 43.8 Å². The van der Waals surface area contributed by atoms with Crippen LogP contribution in [0.2, 0.25) is 0 Å². The zero-order valence-electron chi connectivity index (χ0n) is 15.3. The van der Waals surface area contributed by atoms with E-state index >= 15 is 0 Å². The number of hydrogen-bond donors (Lipinski definition) is 2. The maximum atomic E-state index is 12.5. The van der Waals surface area contributed by atoms with Crippen LogP contribution >= 0.6 is 0 Å². The van der Waals surface area contributed by atoms with Gasteiger partial charge in [-0.15, -0.1) is 15.3 Å². The number of hydrogen-bond acceptors (Lipinski definition) is 7. The molecule has 9 nitrogen and oxygen atoms in total. The molecule has 3 aromatic rings. The zero-order valence-corrected chi connectivity index (χ0v) is 15.3. The van der Waals surface area contributed by atoms with Gasteiger partial charge in [0.15, 0.2) is 0 Å². The standard InChI is InChI=1S/C19H21N7O2/c27-17(22-13-9-14(20-10-13)11-26-8-7-21-25-26)19-24-23-18(28-19)16-4-2-1-3-15(16)12-5-6-12/h1-4,7-8,12-14,20H,5-6,9-11H2,(H,22,27)/t13-,14+/m1/s1. The molecule has 0 unspecified atom stereocenters. The first kappa shape index (κ1) is 17.1. The van der Waals surface area contributed by atoms with Crippen molar-refractivity contribution in [3.8, 4) is 11.5 Å². The van der Waals surface area contributed by atoms with E-state index in [1.807, 2.05) is 24.4 Å². The van der Waals surface area contributed by atoms with Crippen molar-refractivity contribution in [1.82, 2.24) is 35.8 Å². The Morgan fingerprint density at radius 3 is 3.00 bits per heavy atom. The van der Waals surface area contributed by atoms with Crippen LogP contribution in [0.25, 0.3) is 11.5 Å². The molecular formula is C19H21N7O2. The molecule has 9 heteroatoms. The molecule has 3 heterocycles. The van der Waals surface area contributed by atoms with Crippen molar-refractivity contribution in [2.24, 2.45) is 0 Å². The highest BCUT2D eigenvalue weighted by atomic mass is 16.4. The van der Waals surface area contributed by atoms with Crippen LogP contribution < -0.4 is 10.6 Å². The number of nitrogens with zero attached hydrogens (tertiary/aromatic N) is 5. The molecule has 1 saturated carbocycles. The molecular weight excluding hydrogens is 358 g/mol. The van der Waals surface area contributed by atoms with E-state index in [4.69, 9.17) is 4.42 Å². The Bertz CT molecular complexity index is 964. The summed E-state index contributed by atoms with van der Waals surface area (Å²) in [5.41, 5.74) is 2.14. The average Bonchev–Trinajstić information content (AvgIpc) is 3.10. The van der Waals surface area contributed by atoms with Crippen molar-refractivity contribution in [1.29, 1.82) is 0 Å². The fraction of sp³-hybridized carbons (Fsp3) is 0.421. The molecule has 0 radical (unpaired) electrons. The first-order chi connectivity index (χ1) is 13.8. The van der Waals surface area contributed by atoms with Gasteiger partial charge >= 0.3 is 11.8 Å². The van der Waals surface area contributed by atoms with E-state index in [1.165, 1.54) is 18.4 Å². The van der Waals surface area contributed by atoms with Gasteiger partial charge in [0.05, 0.1) is 12.7 Å². The minimum atomic E-state index is -0.337. The van der Waals surface area contributed by atoms with Gasteiger partial charge in [0.25, 0.3) is 0 Å². The molecule has 1 saturated heterocycles. The van der Waals surface area contributed by atoms with E-state index in [2.05, 4.69) is 37.2 Å². The Labute approximate surface area is 161 Å². The van der Waals surface area contributed by atoms with Crippen molar-refractivity contribution in [2.75, 3.05) is 6.54 Å². The van der Waals surface area contributed by atoms with Gasteiger partial charge in [0.1, 0.15) is 0 Å².